The zero-order valence-electron chi connectivity index (χ0n) is 21.9. The van der Waals surface area contributed by atoms with E-state index in [1.807, 2.05) is 24.3 Å². The van der Waals surface area contributed by atoms with E-state index in [9.17, 15) is 10.0 Å². The zero-order valence-corrected chi connectivity index (χ0v) is 21.9. The van der Waals surface area contributed by atoms with Gasteiger partial charge in [0.25, 0.3) is 12.1 Å². The molecule has 0 fully saturated rings. The van der Waals surface area contributed by atoms with Crippen LogP contribution in [0.4, 0.5) is 11.6 Å². The van der Waals surface area contributed by atoms with Crippen molar-refractivity contribution in [3.05, 3.63) is 54.0 Å². The van der Waals surface area contributed by atoms with E-state index < -0.39 is 6.04 Å². The maximum absolute atomic E-state index is 12.5. The number of fused-ring (bicyclic) bond motifs is 2. The predicted molar refractivity (Wildman–Crippen MR) is 144 cm³/mol. The molecule has 9 nitrogen and oxygen atoms in total. The van der Waals surface area contributed by atoms with Gasteiger partial charge >= 0.3 is 0 Å². The number of hydrogen-bond donors (Lipinski definition) is 3. The van der Waals surface area contributed by atoms with Gasteiger partial charge in [0, 0.05) is 38.9 Å². The van der Waals surface area contributed by atoms with E-state index in [1.54, 1.807) is 14.0 Å². The average Bonchev–Trinajstić information content (AvgIpc) is 2.92. The van der Waals surface area contributed by atoms with E-state index in [1.165, 1.54) is 18.3 Å². The first-order valence-electron chi connectivity index (χ1n) is 13.2. The molecule has 0 saturated heterocycles. The average molecular weight is 508 g/mol. The van der Waals surface area contributed by atoms with Gasteiger partial charge in [-0.3, -0.25) is 10.1 Å². The Labute approximate surface area is 218 Å². The maximum atomic E-state index is 12.5. The smallest absolute Gasteiger partial charge is 0.271 e. The Morgan fingerprint density at radius 3 is 2.92 bits per heavy atom. The minimum absolute atomic E-state index is 0.0275. The highest BCUT2D eigenvalue weighted by Gasteiger charge is 2.23. The van der Waals surface area contributed by atoms with Gasteiger partial charge in [-0.1, -0.05) is 22.9 Å². The topological polar surface area (TPSA) is 103 Å². The number of ether oxygens (including phenoxy) is 1. The first-order chi connectivity index (χ1) is 18.0. The Morgan fingerprint density at radius 1 is 1.22 bits per heavy atom. The molecule has 4 rings (SSSR count). The molecule has 0 amide bonds. The number of hydrogen-bond acceptors (Lipinski definition) is 8. The molecule has 1 aliphatic rings. The molecule has 37 heavy (non-hydrogen) atoms. The zero-order chi connectivity index (χ0) is 26.0. The molecule has 0 unspecified atom stereocenters. The molecule has 2 aromatic heterocycles. The number of carbonyl (C=O) groups is 1. The molecule has 1 aromatic carbocycles. The fourth-order valence-corrected chi connectivity index (χ4v) is 4.79. The van der Waals surface area contributed by atoms with E-state index in [0.29, 0.717) is 18.8 Å². The van der Waals surface area contributed by atoms with Crippen LogP contribution in [-0.2, 0) is 22.4 Å². The van der Waals surface area contributed by atoms with Gasteiger partial charge in [-0.05, 0) is 69.3 Å². The highest BCUT2D eigenvalue weighted by molar-refractivity contribution is 5.90. The van der Waals surface area contributed by atoms with Crippen molar-refractivity contribution < 1.29 is 19.5 Å². The molecule has 0 spiro atoms. The molecule has 0 radical (unpaired) electrons. The van der Waals surface area contributed by atoms with Gasteiger partial charge in [0.1, 0.15) is 11.9 Å². The Hall–Kier alpha value is -3.30. The standard InChI is InChI=1S/C28H38N6O3/c1-21(35)25(32-28-24-10-3-4-11-26(24)30-20-34(28)36)14-17-33(18-19-37-2)16-6-5-9-23-13-12-22-8-7-15-29-27(22)31-23/h3-4,10-13,20,25,36H,5-9,14-19H2,1-2H3,(H,29,31)/p+1/t25-/m1/s1. The van der Waals surface area contributed by atoms with Crippen LogP contribution in [0.15, 0.2) is 42.7 Å². The SMILES string of the molecule is COCCN(CCCCc1ccc2c(n1)NCCC2)CC[C@@H](Nc1c2ccccc2nc[n+]1O)C(C)=O. The van der Waals surface area contributed by atoms with E-state index >= 15 is 0 Å². The van der Waals surface area contributed by atoms with Crippen molar-refractivity contribution >= 4 is 28.3 Å². The lowest BCUT2D eigenvalue weighted by atomic mass is 10.1. The number of pyridine rings is 1. The van der Waals surface area contributed by atoms with Crippen LogP contribution in [0, 0.1) is 0 Å². The number of nitrogens with one attached hydrogen (secondary N) is 2. The summed E-state index contributed by atoms with van der Waals surface area (Å²) in [5, 5.41) is 17.8. The number of ketones is 1. The predicted octanol–water partition coefficient (Wildman–Crippen LogP) is 3.24. The van der Waals surface area contributed by atoms with Crippen molar-refractivity contribution in [2.75, 3.05) is 50.5 Å². The fraction of sp³-hybridized carbons (Fsp3) is 0.500. The van der Waals surface area contributed by atoms with Crippen molar-refractivity contribution in [3.63, 3.8) is 0 Å². The summed E-state index contributed by atoms with van der Waals surface area (Å²) in [6, 6.07) is 11.5. The normalized spacial score (nSPS) is 13.8. The third kappa shape index (κ3) is 7.36. The molecule has 198 valence electrons. The Morgan fingerprint density at radius 2 is 2.08 bits per heavy atom. The first-order valence-corrected chi connectivity index (χ1v) is 13.2. The fourth-order valence-electron chi connectivity index (χ4n) is 4.79. The number of methoxy groups -OCH3 is 1. The third-order valence-electron chi connectivity index (χ3n) is 6.95. The van der Waals surface area contributed by atoms with Crippen molar-refractivity contribution in [1.29, 1.82) is 0 Å². The summed E-state index contributed by atoms with van der Waals surface area (Å²) in [5.41, 5.74) is 3.21. The van der Waals surface area contributed by atoms with Crippen molar-refractivity contribution in [3.8, 4) is 0 Å². The minimum atomic E-state index is -0.429. The van der Waals surface area contributed by atoms with Crippen LogP contribution in [-0.4, -0.2) is 71.8 Å². The summed E-state index contributed by atoms with van der Waals surface area (Å²) in [6.07, 6.45) is 7.29. The van der Waals surface area contributed by atoms with Crippen molar-refractivity contribution in [2.45, 2.75) is 51.5 Å². The van der Waals surface area contributed by atoms with E-state index in [4.69, 9.17) is 9.72 Å². The van der Waals surface area contributed by atoms with Crippen LogP contribution >= 0.6 is 0 Å². The highest BCUT2D eigenvalue weighted by atomic mass is 16.5. The number of rotatable bonds is 14. The maximum Gasteiger partial charge on any atom is 0.271 e. The second-order valence-electron chi connectivity index (χ2n) is 9.68. The number of carbonyl (C=O) groups excluding carboxylic acids is 1. The Balaban J connectivity index is 1.32. The number of aromatic nitrogens is 3. The lowest BCUT2D eigenvalue weighted by Crippen LogP contribution is -2.41. The summed E-state index contributed by atoms with van der Waals surface area (Å²) in [4.78, 5) is 23.9. The molecule has 3 heterocycles. The molecule has 3 aromatic rings. The Kier molecular flexibility index (Phi) is 9.62. The van der Waals surface area contributed by atoms with Crippen LogP contribution in [0.1, 0.15) is 43.9 Å². The number of unbranched alkanes of at least 4 members (excludes halogenated alkanes) is 1. The molecule has 0 saturated carbocycles. The van der Waals surface area contributed by atoms with Crippen molar-refractivity contribution in [2.24, 2.45) is 0 Å². The highest BCUT2D eigenvalue weighted by Crippen LogP contribution is 2.21. The van der Waals surface area contributed by atoms with Crippen LogP contribution in [0.3, 0.4) is 0 Å². The molecule has 3 N–H and O–H groups in total. The number of benzene rings is 1. The molecule has 1 atom stereocenters. The molecular formula is C28H39N6O3+. The summed E-state index contributed by atoms with van der Waals surface area (Å²) in [5.74, 6) is 1.56. The van der Waals surface area contributed by atoms with E-state index in [2.05, 4.69) is 32.7 Å². The molecule has 9 heteroatoms. The van der Waals surface area contributed by atoms with Crippen molar-refractivity contribution in [1.82, 2.24) is 14.9 Å². The van der Waals surface area contributed by atoms with Crippen LogP contribution in [0.25, 0.3) is 10.9 Å². The third-order valence-corrected chi connectivity index (χ3v) is 6.95. The van der Waals surface area contributed by atoms with Gasteiger partial charge in [-0.2, -0.15) is 0 Å². The van der Waals surface area contributed by atoms with Gasteiger partial charge in [0.05, 0.1) is 12.0 Å². The summed E-state index contributed by atoms with van der Waals surface area (Å²) < 4.78 is 6.28. The second kappa shape index (κ2) is 13.3. The first kappa shape index (κ1) is 26.8. The minimum Gasteiger partial charge on any atom is -0.383 e. The van der Waals surface area contributed by atoms with Gasteiger partial charge < -0.3 is 20.2 Å². The van der Waals surface area contributed by atoms with Gasteiger partial charge in [0.2, 0.25) is 0 Å². The number of nitrogens with zero attached hydrogens (tertiary/aromatic N) is 4. The summed E-state index contributed by atoms with van der Waals surface area (Å²) in [7, 11) is 1.71. The monoisotopic (exact) mass is 507 g/mol. The molecular weight excluding hydrogens is 468 g/mol. The molecule has 0 bridgehead atoms. The second-order valence-corrected chi connectivity index (χ2v) is 9.68. The van der Waals surface area contributed by atoms with Gasteiger partial charge in [0.15, 0.2) is 11.3 Å². The number of para-hydroxylation sites is 1. The van der Waals surface area contributed by atoms with E-state index in [-0.39, 0.29) is 5.78 Å². The van der Waals surface area contributed by atoms with Crippen LogP contribution < -0.4 is 15.4 Å². The molecule has 0 aliphatic carbocycles. The van der Waals surface area contributed by atoms with Crippen LogP contribution in [0.2, 0.25) is 0 Å². The van der Waals surface area contributed by atoms with Crippen LogP contribution in [0.5, 0.6) is 0 Å². The van der Waals surface area contributed by atoms with Gasteiger partial charge in [-0.25, -0.2) is 4.98 Å². The number of aryl methyl sites for hydroxylation is 2. The lowest BCUT2D eigenvalue weighted by molar-refractivity contribution is -0.894. The quantitative estimate of drug-likeness (QED) is 0.174. The number of anilines is 2. The van der Waals surface area contributed by atoms with E-state index in [0.717, 1.165) is 79.0 Å². The Bertz CT molecular complexity index is 1190. The largest absolute Gasteiger partial charge is 0.383 e. The van der Waals surface area contributed by atoms with Gasteiger partial charge in [-0.15, -0.1) is 4.98 Å². The summed E-state index contributed by atoms with van der Waals surface area (Å²) >= 11 is 0. The number of Topliss-reactive ketones (excluding diaryl/α,β-unsaturated/α-hetero) is 1. The summed E-state index contributed by atoms with van der Waals surface area (Å²) in [6.45, 7) is 5.71. The lowest BCUT2D eigenvalue weighted by Gasteiger charge is -2.24. The molecule has 1 aliphatic heterocycles.